The fourth-order valence-corrected chi connectivity index (χ4v) is 5.66. The third-order valence-electron chi connectivity index (χ3n) is 6.03. The summed E-state index contributed by atoms with van der Waals surface area (Å²) in [7, 11) is 0. The maximum Gasteiger partial charge on any atom is 0.231 e. The molecule has 1 aromatic carbocycles. The maximum atomic E-state index is 13.0. The molecule has 2 atom stereocenters. The third kappa shape index (κ3) is 5.37. The van der Waals surface area contributed by atoms with Gasteiger partial charge in [0.15, 0.2) is 5.13 Å². The zero-order chi connectivity index (χ0) is 24.2. The largest absolute Gasteiger partial charge is 0.351 e. The molecule has 3 heterocycles. The Kier molecular flexibility index (Phi) is 7.43. The summed E-state index contributed by atoms with van der Waals surface area (Å²) in [5.74, 6) is -0.366. The van der Waals surface area contributed by atoms with E-state index in [-0.39, 0.29) is 24.1 Å². The summed E-state index contributed by atoms with van der Waals surface area (Å²) in [6, 6.07) is 11.9. The number of anilines is 2. The van der Waals surface area contributed by atoms with Crippen molar-refractivity contribution < 1.29 is 14.4 Å². The Balaban J connectivity index is 1.41. The van der Waals surface area contributed by atoms with Crippen molar-refractivity contribution in [2.24, 2.45) is 5.92 Å². The zero-order valence-electron chi connectivity index (χ0n) is 19.5. The van der Waals surface area contributed by atoms with E-state index in [0.29, 0.717) is 24.1 Å². The van der Waals surface area contributed by atoms with E-state index in [1.165, 1.54) is 18.3 Å². The lowest BCUT2D eigenvalue weighted by Gasteiger charge is -2.23. The number of benzene rings is 1. The van der Waals surface area contributed by atoms with Crippen LogP contribution in [0.25, 0.3) is 10.6 Å². The number of para-hydroxylation sites is 1. The number of rotatable bonds is 8. The normalized spacial score (nSPS) is 16.5. The van der Waals surface area contributed by atoms with Gasteiger partial charge >= 0.3 is 0 Å². The minimum absolute atomic E-state index is 0.0268. The lowest BCUT2D eigenvalue weighted by atomic mass is 9.96. The van der Waals surface area contributed by atoms with Crippen LogP contribution in [0.3, 0.4) is 0 Å². The average Bonchev–Trinajstić information content (AvgIpc) is 3.57. The molecule has 0 bridgehead atoms. The first kappa shape index (κ1) is 24.1. The second-order valence-corrected chi connectivity index (χ2v) is 10.5. The lowest BCUT2D eigenvalue weighted by molar-refractivity contribution is -0.122. The first-order valence-electron chi connectivity index (χ1n) is 11.3. The molecule has 0 saturated carbocycles. The fourth-order valence-electron chi connectivity index (χ4n) is 3.96. The third-order valence-corrected chi connectivity index (χ3v) is 7.89. The van der Waals surface area contributed by atoms with Gasteiger partial charge in [0.05, 0.1) is 23.0 Å². The van der Waals surface area contributed by atoms with Crippen LogP contribution in [-0.4, -0.2) is 29.3 Å². The molecule has 0 radical (unpaired) electrons. The highest BCUT2D eigenvalue weighted by atomic mass is 32.1. The smallest absolute Gasteiger partial charge is 0.231 e. The van der Waals surface area contributed by atoms with E-state index in [2.05, 4.69) is 35.5 Å². The van der Waals surface area contributed by atoms with Crippen molar-refractivity contribution in [3.8, 4) is 10.6 Å². The summed E-state index contributed by atoms with van der Waals surface area (Å²) < 4.78 is 0. The van der Waals surface area contributed by atoms with E-state index in [9.17, 15) is 14.4 Å². The van der Waals surface area contributed by atoms with Gasteiger partial charge in [-0.15, -0.1) is 22.7 Å². The van der Waals surface area contributed by atoms with Crippen molar-refractivity contribution in [1.29, 1.82) is 0 Å². The van der Waals surface area contributed by atoms with Gasteiger partial charge in [-0.05, 0) is 36.1 Å². The van der Waals surface area contributed by atoms with Crippen LogP contribution in [0.4, 0.5) is 10.8 Å². The van der Waals surface area contributed by atoms with Crippen molar-refractivity contribution in [2.45, 2.75) is 46.1 Å². The van der Waals surface area contributed by atoms with Gasteiger partial charge in [0.25, 0.3) is 0 Å². The molecule has 0 aliphatic carbocycles. The number of nitrogens with zero attached hydrogens (tertiary/aromatic N) is 2. The molecule has 34 heavy (non-hydrogen) atoms. The highest BCUT2D eigenvalue weighted by Crippen LogP contribution is 2.34. The second-order valence-electron chi connectivity index (χ2n) is 8.48. The predicted octanol–water partition coefficient (Wildman–Crippen LogP) is 5.01. The molecule has 2 N–H and O–H groups in total. The quantitative estimate of drug-likeness (QED) is 0.458. The van der Waals surface area contributed by atoms with Crippen LogP contribution < -0.4 is 15.5 Å². The molecule has 4 rings (SSSR count). The number of carbonyl (C=O) groups is 3. The van der Waals surface area contributed by atoms with E-state index >= 15 is 0 Å². The monoisotopic (exact) mass is 496 g/mol. The highest BCUT2D eigenvalue weighted by molar-refractivity contribution is 7.17. The summed E-state index contributed by atoms with van der Waals surface area (Å²) >= 11 is 2.92. The van der Waals surface area contributed by atoms with Crippen LogP contribution in [0.1, 0.15) is 50.0 Å². The molecule has 1 aliphatic rings. The number of aromatic nitrogens is 1. The van der Waals surface area contributed by atoms with Gasteiger partial charge in [-0.25, -0.2) is 4.98 Å². The van der Waals surface area contributed by atoms with Crippen molar-refractivity contribution in [3.05, 3.63) is 52.2 Å². The van der Waals surface area contributed by atoms with Crippen molar-refractivity contribution in [3.63, 3.8) is 0 Å². The molecule has 3 amide bonds. The predicted molar refractivity (Wildman–Crippen MR) is 137 cm³/mol. The van der Waals surface area contributed by atoms with Crippen molar-refractivity contribution >= 4 is 51.2 Å². The van der Waals surface area contributed by atoms with Crippen LogP contribution in [-0.2, 0) is 20.9 Å². The highest BCUT2D eigenvalue weighted by Gasteiger charge is 2.36. The summed E-state index contributed by atoms with van der Waals surface area (Å²) in [4.78, 5) is 45.2. The standard InChI is InChI=1S/C25H28N4O3S2/c1-4-15(2)19-7-5-6-8-21(19)29-13-17(11-23(29)31)24(32)28-25-27-20(14-33-25)22-10-9-18(34-22)12-26-16(3)30/h5-10,14-15,17H,4,11-13H2,1-3H3,(H,26,30)(H,27,28,32)/t15-,17-/m1/s1. The van der Waals surface area contributed by atoms with E-state index < -0.39 is 5.92 Å². The molecular formula is C25H28N4O3S2. The Hall–Kier alpha value is -3.04. The van der Waals surface area contributed by atoms with Gasteiger partial charge in [-0.2, -0.15) is 0 Å². The minimum atomic E-state index is -0.421. The molecular weight excluding hydrogens is 468 g/mol. The summed E-state index contributed by atoms with van der Waals surface area (Å²) in [6.07, 6.45) is 1.17. The van der Waals surface area contributed by atoms with Gasteiger partial charge in [0.2, 0.25) is 17.7 Å². The van der Waals surface area contributed by atoms with Crippen molar-refractivity contribution in [1.82, 2.24) is 10.3 Å². The first-order chi connectivity index (χ1) is 16.4. The van der Waals surface area contributed by atoms with Gasteiger partial charge in [0, 0.05) is 35.8 Å². The number of nitrogens with one attached hydrogen (secondary N) is 2. The van der Waals surface area contributed by atoms with Crippen LogP contribution in [0, 0.1) is 5.92 Å². The Labute approximate surface area is 207 Å². The number of hydrogen-bond acceptors (Lipinski definition) is 6. The van der Waals surface area contributed by atoms with Crippen LogP contribution >= 0.6 is 22.7 Å². The summed E-state index contributed by atoms with van der Waals surface area (Å²) in [6.45, 7) is 6.63. The summed E-state index contributed by atoms with van der Waals surface area (Å²) in [5.41, 5.74) is 2.82. The summed E-state index contributed by atoms with van der Waals surface area (Å²) in [5, 5.41) is 8.10. The Morgan fingerprint density at radius 2 is 2.03 bits per heavy atom. The van der Waals surface area contributed by atoms with Crippen LogP contribution in [0.15, 0.2) is 41.8 Å². The average molecular weight is 497 g/mol. The molecule has 7 nitrogen and oxygen atoms in total. The molecule has 1 aliphatic heterocycles. The van der Waals surface area contributed by atoms with E-state index in [1.54, 1.807) is 16.2 Å². The minimum Gasteiger partial charge on any atom is -0.351 e. The number of amides is 3. The molecule has 0 spiro atoms. The zero-order valence-corrected chi connectivity index (χ0v) is 21.1. The van der Waals surface area contributed by atoms with Gasteiger partial charge < -0.3 is 15.5 Å². The first-order valence-corrected chi connectivity index (χ1v) is 13.0. The van der Waals surface area contributed by atoms with Crippen molar-refractivity contribution in [2.75, 3.05) is 16.8 Å². The second kappa shape index (κ2) is 10.5. The molecule has 9 heteroatoms. The Morgan fingerprint density at radius 3 is 2.79 bits per heavy atom. The van der Waals surface area contributed by atoms with E-state index in [0.717, 1.165) is 33.1 Å². The number of hydrogen-bond donors (Lipinski definition) is 2. The topological polar surface area (TPSA) is 91.4 Å². The molecule has 0 unspecified atom stereocenters. The SMILES string of the molecule is CC[C@@H](C)c1ccccc1N1C[C@H](C(=O)Nc2nc(-c3ccc(CNC(C)=O)s3)cs2)CC1=O. The van der Waals surface area contributed by atoms with E-state index in [4.69, 9.17) is 0 Å². The van der Waals surface area contributed by atoms with Crippen LogP contribution in [0.5, 0.6) is 0 Å². The number of thiazole rings is 1. The van der Waals surface area contributed by atoms with Gasteiger partial charge in [-0.1, -0.05) is 32.0 Å². The molecule has 1 saturated heterocycles. The number of carbonyl (C=O) groups excluding carboxylic acids is 3. The lowest BCUT2D eigenvalue weighted by Crippen LogP contribution is -2.29. The Bertz CT molecular complexity index is 1200. The van der Waals surface area contributed by atoms with Gasteiger partial charge in [-0.3, -0.25) is 14.4 Å². The number of thiophene rings is 1. The Morgan fingerprint density at radius 1 is 1.24 bits per heavy atom. The van der Waals surface area contributed by atoms with Crippen LogP contribution in [0.2, 0.25) is 0 Å². The van der Waals surface area contributed by atoms with Gasteiger partial charge in [0.1, 0.15) is 0 Å². The molecule has 2 aromatic heterocycles. The van der Waals surface area contributed by atoms with E-state index in [1.807, 2.05) is 35.7 Å². The molecule has 3 aromatic rings. The molecule has 1 fully saturated rings. The molecule has 178 valence electrons. The fraction of sp³-hybridized carbons (Fsp3) is 0.360. The maximum absolute atomic E-state index is 13.0.